The van der Waals surface area contributed by atoms with E-state index in [-0.39, 0.29) is 11.2 Å². The van der Waals surface area contributed by atoms with Gasteiger partial charge in [-0.3, -0.25) is 9.69 Å². The van der Waals surface area contributed by atoms with E-state index in [4.69, 9.17) is 4.74 Å². The third-order valence-corrected chi connectivity index (χ3v) is 5.11. The number of carbonyl (C=O) groups excluding carboxylic acids is 1. The molecule has 1 unspecified atom stereocenters. The van der Waals surface area contributed by atoms with Gasteiger partial charge in [-0.05, 0) is 37.6 Å². The van der Waals surface area contributed by atoms with Crippen LogP contribution in [0.5, 0.6) is 5.75 Å². The molecule has 1 aliphatic rings. The minimum atomic E-state index is -0.120. The largest absolute Gasteiger partial charge is 0.488 e. The van der Waals surface area contributed by atoms with Crippen molar-refractivity contribution in [3.8, 4) is 5.75 Å². The molecule has 1 heterocycles. The highest BCUT2D eigenvalue weighted by Gasteiger charge is 2.38. The molecule has 0 spiro atoms. The molecule has 26 heavy (non-hydrogen) atoms. The van der Waals surface area contributed by atoms with Crippen molar-refractivity contribution in [2.24, 2.45) is 10.2 Å². The van der Waals surface area contributed by atoms with E-state index >= 15 is 0 Å². The Bertz CT molecular complexity index is 806. The molecule has 6 heteroatoms. The number of nitrogens with zero attached hydrogens (tertiary/aromatic N) is 3. The molecule has 2 aromatic rings. The zero-order valence-electron chi connectivity index (χ0n) is 14.8. The number of benzene rings is 2. The molecule has 1 atom stereocenters. The Kier molecular flexibility index (Phi) is 6.07. The van der Waals surface area contributed by atoms with Crippen molar-refractivity contribution in [1.29, 1.82) is 0 Å². The number of hydrogen-bond acceptors (Lipinski definition) is 5. The molecular formula is C20H21N3O2S. The van der Waals surface area contributed by atoms with E-state index in [9.17, 15) is 4.79 Å². The first-order valence-electron chi connectivity index (χ1n) is 8.53. The lowest BCUT2D eigenvalue weighted by Gasteiger charge is -2.15. The Balaban J connectivity index is 1.75. The molecule has 5 nitrogen and oxygen atoms in total. The van der Waals surface area contributed by atoms with E-state index in [1.165, 1.54) is 11.8 Å². The number of ether oxygens (including phenoxy) is 1. The van der Waals surface area contributed by atoms with Crippen LogP contribution in [0.25, 0.3) is 0 Å². The maximum absolute atomic E-state index is 12.7. The summed E-state index contributed by atoms with van der Waals surface area (Å²) in [6.07, 6.45) is 0.756. The summed E-state index contributed by atoms with van der Waals surface area (Å²) in [5.74, 6) is 0.841. The van der Waals surface area contributed by atoms with Gasteiger partial charge in [-0.2, -0.15) is 5.10 Å². The molecule has 0 saturated carbocycles. The molecule has 0 bridgehead atoms. The topological polar surface area (TPSA) is 54.3 Å². The summed E-state index contributed by atoms with van der Waals surface area (Å²) in [7, 11) is 0. The second-order valence-corrected chi connectivity index (χ2v) is 7.01. The number of hydrogen-bond donors (Lipinski definition) is 0. The fourth-order valence-corrected chi connectivity index (χ4v) is 3.49. The summed E-state index contributed by atoms with van der Waals surface area (Å²) in [5, 5.41) is 9.08. The molecule has 0 aromatic heterocycles. The maximum Gasteiger partial charge on any atom is 0.246 e. The lowest BCUT2D eigenvalue weighted by molar-refractivity contribution is -0.116. The van der Waals surface area contributed by atoms with E-state index in [2.05, 4.69) is 10.2 Å². The summed E-state index contributed by atoms with van der Waals surface area (Å²) >= 11 is 1.46. The van der Waals surface area contributed by atoms with Crippen LogP contribution in [-0.4, -0.2) is 28.6 Å². The van der Waals surface area contributed by atoms with Crippen LogP contribution in [0.15, 0.2) is 70.9 Å². The smallest absolute Gasteiger partial charge is 0.246 e. The molecule has 3 rings (SSSR count). The first-order chi connectivity index (χ1) is 12.7. The summed E-state index contributed by atoms with van der Waals surface area (Å²) in [4.78, 5) is 14.3. The van der Waals surface area contributed by atoms with Gasteiger partial charge in [-0.15, -0.1) is 5.10 Å². The van der Waals surface area contributed by atoms with Gasteiger partial charge in [0.1, 0.15) is 12.4 Å². The molecule has 1 aliphatic heterocycles. The zero-order chi connectivity index (χ0) is 18.4. The average molecular weight is 367 g/mol. The molecule has 1 saturated heterocycles. The third-order valence-electron chi connectivity index (χ3n) is 3.82. The fourth-order valence-electron chi connectivity index (χ4n) is 2.47. The molecule has 0 radical (unpaired) electrons. The van der Waals surface area contributed by atoms with E-state index in [1.807, 2.05) is 74.5 Å². The van der Waals surface area contributed by atoms with Crippen molar-refractivity contribution in [3.05, 3.63) is 60.7 Å². The quantitative estimate of drug-likeness (QED) is 0.563. The molecule has 1 amide bonds. The van der Waals surface area contributed by atoms with Crippen molar-refractivity contribution < 1.29 is 9.53 Å². The summed E-state index contributed by atoms with van der Waals surface area (Å²) in [5.41, 5.74) is 1.55. The first kappa shape index (κ1) is 18.2. The highest BCUT2D eigenvalue weighted by molar-refractivity contribution is 8.16. The zero-order valence-corrected chi connectivity index (χ0v) is 15.6. The van der Waals surface area contributed by atoms with Crippen molar-refractivity contribution >= 4 is 34.2 Å². The van der Waals surface area contributed by atoms with Gasteiger partial charge in [0.15, 0.2) is 5.17 Å². The third kappa shape index (κ3) is 4.32. The molecule has 1 fully saturated rings. The van der Waals surface area contributed by atoms with Crippen LogP contribution in [0, 0.1) is 0 Å². The number of thioether (sulfide) groups is 1. The maximum atomic E-state index is 12.7. The predicted molar refractivity (Wildman–Crippen MR) is 108 cm³/mol. The van der Waals surface area contributed by atoms with Gasteiger partial charge in [0.05, 0.1) is 16.6 Å². The first-order valence-corrected chi connectivity index (χ1v) is 9.41. The van der Waals surface area contributed by atoms with Crippen LogP contribution in [0.1, 0.15) is 20.3 Å². The molecule has 2 aromatic carbocycles. The lowest BCUT2D eigenvalue weighted by Crippen LogP contribution is -2.31. The summed E-state index contributed by atoms with van der Waals surface area (Å²) in [6.45, 7) is 4.21. The summed E-state index contributed by atoms with van der Waals surface area (Å²) < 4.78 is 5.67. The van der Waals surface area contributed by atoms with Crippen LogP contribution in [0.4, 0.5) is 5.69 Å². The number of amidine groups is 1. The van der Waals surface area contributed by atoms with E-state index in [1.54, 1.807) is 4.90 Å². The van der Waals surface area contributed by atoms with Crippen LogP contribution in [0.2, 0.25) is 0 Å². The lowest BCUT2D eigenvalue weighted by atomic mass is 10.2. The highest BCUT2D eigenvalue weighted by Crippen LogP contribution is 2.33. The van der Waals surface area contributed by atoms with Gasteiger partial charge < -0.3 is 4.74 Å². The fraction of sp³-hybridized carbons (Fsp3) is 0.250. The van der Waals surface area contributed by atoms with Crippen LogP contribution in [-0.2, 0) is 4.79 Å². The Morgan fingerprint density at radius 3 is 2.42 bits per heavy atom. The number of amides is 1. The van der Waals surface area contributed by atoms with Crippen LogP contribution >= 0.6 is 11.8 Å². The molecule has 0 aliphatic carbocycles. The molecule has 134 valence electrons. The summed E-state index contributed by atoms with van der Waals surface area (Å²) in [6, 6.07) is 19.1. The molecule has 0 N–H and O–H groups in total. The van der Waals surface area contributed by atoms with Crippen LogP contribution in [0.3, 0.4) is 0 Å². The Hall–Kier alpha value is -2.60. The van der Waals surface area contributed by atoms with Gasteiger partial charge in [0, 0.05) is 0 Å². The van der Waals surface area contributed by atoms with Crippen molar-refractivity contribution in [2.75, 3.05) is 11.5 Å². The number of carbonyl (C=O) groups is 1. The minimum absolute atomic E-state index is 0.0517. The Morgan fingerprint density at radius 2 is 1.77 bits per heavy atom. The van der Waals surface area contributed by atoms with Crippen molar-refractivity contribution in [3.63, 3.8) is 0 Å². The second-order valence-electron chi connectivity index (χ2n) is 5.84. The van der Waals surface area contributed by atoms with Gasteiger partial charge >= 0.3 is 0 Å². The number of para-hydroxylation sites is 2. The predicted octanol–water partition coefficient (Wildman–Crippen LogP) is 4.36. The SMILES string of the molecule is CCC1S/C(=N/N=C(\C)COc2ccccc2)N(c2ccccc2)C1=O. The van der Waals surface area contributed by atoms with Crippen molar-refractivity contribution in [1.82, 2.24) is 0 Å². The second kappa shape index (κ2) is 8.67. The highest BCUT2D eigenvalue weighted by atomic mass is 32.2. The van der Waals surface area contributed by atoms with E-state index in [0.29, 0.717) is 11.8 Å². The monoisotopic (exact) mass is 367 g/mol. The number of anilines is 1. The van der Waals surface area contributed by atoms with Gasteiger partial charge in [0.25, 0.3) is 0 Å². The Morgan fingerprint density at radius 1 is 1.12 bits per heavy atom. The Labute approximate surface area is 157 Å². The van der Waals surface area contributed by atoms with Crippen molar-refractivity contribution in [2.45, 2.75) is 25.5 Å². The van der Waals surface area contributed by atoms with E-state index < -0.39 is 0 Å². The van der Waals surface area contributed by atoms with Gasteiger partial charge in [-0.25, -0.2) is 0 Å². The van der Waals surface area contributed by atoms with E-state index in [0.717, 1.165) is 23.6 Å². The standard InChI is InChI=1S/C20H21N3O2S/c1-3-18-19(24)23(16-10-6-4-7-11-16)20(26-18)22-21-15(2)14-25-17-12-8-5-9-13-17/h4-13,18H,3,14H2,1-2H3/b21-15+,22-20+. The van der Waals surface area contributed by atoms with Gasteiger partial charge in [0.2, 0.25) is 5.91 Å². The van der Waals surface area contributed by atoms with Crippen LogP contribution < -0.4 is 9.64 Å². The molecular weight excluding hydrogens is 346 g/mol. The number of rotatable bonds is 6. The van der Waals surface area contributed by atoms with Gasteiger partial charge in [-0.1, -0.05) is 55.1 Å². The minimum Gasteiger partial charge on any atom is -0.488 e. The average Bonchev–Trinajstić information content (AvgIpc) is 3.01. The normalized spacial score (nSPS) is 19.2.